The summed E-state index contributed by atoms with van der Waals surface area (Å²) in [5.41, 5.74) is 5.01. The number of furan rings is 1. The molecule has 0 saturated carbocycles. The van der Waals surface area contributed by atoms with Crippen LogP contribution in [0, 0.1) is 0 Å². The maximum atomic E-state index is 6.28. The van der Waals surface area contributed by atoms with E-state index < -0.39 is 0 Å². The van der Waals surface area contributed by atoms with Crippen molar-refractivity contribution in [2.45, 2.75) is 0 Å². The highest BCUT2D eigenvalue weighted by Gasteiger charge is 2.18. The quantitative estimate of drug-likeness (QED) is 0.388. The van der Waals surface area contributed by atoms with Crippen molar-refractivity contribution >= 4 is 23.4 Å². The average Bonchev–Trinajstić information content (AvgIpc) is 3.33. The summed E-state index contributed by atoms with van der Waals surface area (Å²) in [5.74, 6) is 2.47. The van der Waals surface area contributed by atoms with E-state index in [0.29, 0.717) is 0 Å². The lowest BCUT2D eigenvalue weighted by molar-refractivity contribution is 0.598. The van der Waals surface area contributed by atoms with Crippen LogP contribution >= 0.6 is 12.4 Å². The first-order valence-corrected chi connectivity index (χ1v) is 8.58. The van der Waals surface area contributed by atoms with Crippen molar-refractivity contribution < 1.29 is 4.42 Å². The van der Waals surface area contributed by atoms with Gasteiger partial charge < -0.3 is 9.40 Å². The molecule has 0 bridgehead atoms. The zero-order valence-corrected chi connectivity index (χ0v) is 15.2. The number of hydrogen-bond donors (Lipinski definition) is 1. The minimum Gasteiger partial charge on any atom is -0.455 e. The Morgan fingerprint density at radius 1 is 0.704 bits per heavy atom. The first-order chi connectivity index (χ1) is 12.9. The van der Waals surface area contributed by atoms with E-state index in [1.807, 2.05) is 60.7 Å². The summed E-state index contributed by atoms with van der Waals surface area (Å²) in [6.45, 7) is 0. The highest BCUT2D eigenvalue weighted by molar-refractivity contribution is 5.86. The molecule has 3 aromatic carbocycles. The van der Waals surface area contributed by atoms with Gasteiger partial charge in [0, 0.05) is 11.1 Å². The molecule has 132 valence electrons. The first kappa shape index (κ1) is 17.1. The van der Waals surface area contributed by atoms with Gasteiger partial charge >= 0.3 is 0 Å². The van der Waals surface area contributed by atoms with Crippen LogP contribution in [0.2, 0.25) is 0 Å². The third-order valence-electron chi connectivity index (χ3n) is 4.47. The van der Waals surface area contributed by atoms with Crippen LogP contribution in [0.5, 0.6) is 0 Å². The molecule has 0 unspecified atom stereocenters. The molecule has 0 saturated heterocycles. The molecule has 0 aliphatic heterocycles. The molecule has 2 heterocycles. The number of rotatable bonds is 3. The number of hydrogen-bond acceptors (Lipinski definition) is 2. The summed E-state index contributed by atoms with van der Waals surface area (Å²) in [6, 6.07) is 30.4. The molecule has 0 spiro atoms. The molecule has 0 fully saturated rings. The lowest BCUT2D eigenvalue weighted by Gasteiger charge is -2.00. The molecule has 27 heavy (non-hydrogen) atoms. The van der Waals surface area contributed by atoms with E-state index in [4.69, 9.17) is 9.40 Å². The number of aromatic nitrogens is 2. The lowest BCUT2D eigenvalue weighted by Crippen LogP contribution is -1.81. The maximum absolute atomic E-state index is 6.28. The fourth-order valence-electron chi connectivity index (χ4n) is 3.20. The number of para-hydroxylation sites is 2. The predicted octanol–water partition coefficient (Wildman–Crippen LogP) is 6.58. The fraction of sp³-hybridized carbons (Fsp3) is 0. The highest BCUT2D eigenvalue weighted by Crippen LogP contribution is 2.38. The zero-order chi connectivity index (χ0) is 17.3. The molecule has 3 nitrogen and oxygen atoms in total. The number of nitrogens with one attached hydrogen (secondary N) is 1. The van der Waals surface area contributed by atoms with Crippen molar-refractivity contribution in [3.05, 3.63) is 91.0 Å². The van der Waals surface area contributed by atoms with Gasteiger partial charge in [-0.15, -0.1) is 12.4 Å². The highest BCUT2D eigenvalue weighted by atomic mass is 35.5. The van der Waals surface area contributed by atoms with Crippen molar-refractivity contribution in [2.75, 3.05) is 0 Å². The Morgan fingerprint density at radius 2 is 1.33 bits per heavy atom. The molecule has 0 radical (unpaired) electrons. The summed E-state index contributed by atoms with van der Waals surface area (Å²) in [5, 5.41) is 0. The topological polar surface area (TPSA) is 41.8 Å². The number of H-pyrrole nitrogens is 1. The van der Waals surface area contributed by atoms with Gasteiger partial charge in [-0.25, -0.2) is 4.98 Å². The number of aromatic amines is 1. The van der Waals surface area contributed by atoms with Gasteiger partial charge in [0.2, 0.25) is 0 Å². The number of benzene rings is 3. The summed E-state index contributed by atoms with van der Waals surface area (Å²) in [7, 11) is 0. The average molecular weight is 373 g/mol. The van der Waals surface area contributed by atoms with Crippen LogP contribution in [0.25, 0.3) is 45.1 Å². The van der Waals surface area contributed by atoms with Crippen LogP contribution in [0.4, 0.5) is 0 Å². The second kappa shape index (κ2) is 7.14. The Balaban J connectivity index is 0.00000180. The van der Waals surface area contributed by atoms with E-state index in [1.54, 1.807) is 0 Å². The summed E-state index contributed by atoms with van der Waals surface area (Å²) < 4.78 is 6.28. The Kier molecular flexibility index (Phi) is 4.53. The van der Waals surface area contributed by atoms with Crippen LogP contribution < -0.4 is 0 Å². The predicted molar refractivity (Wildman–Crippen MR) is 112 cm³/mol. The number of nitrogens with zero attached hydrogens (tertiary/aromatic N) is 1. The number of fused-ring (bicyclic) bond motifs is 1. The van der Waals surface area contributed by atoms with Crippen molar-refractivity contribution in [1.29, 1.82) is 0 Å². The van der Waals surface area contributed by atoms with Crippen molar-refractivity contribution in [3.63, 3.8) is 0 Å². The smallest absolute Gasteiger partial charge is 0.145 e. The van der Waals surface area contributed by atoms with Crippen LogP contribution in [0.3, 0.4) is 0 Å². The van der Waals surface area contributed by atoms with Crippen LogP contribution in [-0.4, -0.2) is 9.97 Å². The SMILES string of the molecule is Cl.c1ccc(-c2cc(-c3nc4ccccc4[nH]3)c(-c3ccccc3)o2)cc1. The minimum atomic E-state index is 0. The third kappa shape index (κ3) is 3.14. The van der Waals surface area contributed by atoms with Crippen LogP contribution in [0.15, 0.2) is 95.4 Å². The second-order valence-electron chi connectivity index (χ2n) is 6.19. The van der Waals surface area contributed by atoms with Gasteiger partial charge in [-0.05, 0) is 18.2 Å². The van der Waals surface area contributed by atoms with Crippen LogP contribution in [-0.2, 0) is 0 Å². The third-order valence-corrected chi connectivity index (χ3v) is 4.47. The van der Waals surface area contributed by atoms with Gasteiger partial charge in [0.1, 0.15) is 17.3 Å². The molecule has 5 aromatic rings. The molecule has 4 heteroatoms. The molecule has 5 rings (SSSR count). The minimum absolute atomic E-state index is 0. The van der Waals surface area contributed by atoms with E-state index >= 15 is 0 Å². The molecular formula is C23H17ClN2O. The van der Waals surface area contributed by atoms with E-state index in [-0.39, 0.29) is 12.4 Å². The van der Waals surface area contributed by atoms with Crippen molar-refractivity contribution in [1.82, 2.24) is 9.97 Å². The Labute approximate surface area is 163 Å². The molecule has 2 aromatic heterocycles. The molecular weight excluding hydrogens is 356 g/mol. The van der Waals surface area contributed by atoms with E-state index in [2.05, 4.69) is 35.3 Å². The van der Waals surface area contributed by atoms with Gasteiger partial charge in [-0.1, -0.05) is 72.8 Å². The molecule has 0 atom stereocenters. The summed E-state index contributed by atoms with van der Waals surface area (Å²) >= 11 is 0. The Hall–Kier alpha value is -3.30. The van der Waals surface area contributed by atoms with Crippen molar-refractivity contribution in [2.24, 2.45) is 0 Å². The molecule has 0 aliphatic rings. The second-order valence-corrected chi connectivity index (χ2v) is 6.19. The fourth-order valence-corrected chi connectivity index (χ4v) is 3.20. The monoisotopic (exact) mass is 372 g/mol. The first-order valence-electron chi connectivity index (χ1n) is 8.58. The Bertz CT molecular complexity index is 1140. The van der Waals surface area contributed by atoms with E-state index in [1.165, 1.54) is 0 Å². The number of imidazole rings is 1. The van der Waals surface area contributed by atoms with Gasteiger partial charge in [0.25, 0.3) is 0 Å². The van der Waals surface area contributed by atoms with Crippen LogP contribution in [0.1, 0.15) is 0 Å². The Morgan fingerprint density at radius 3 is 2.04 bits per heavy atom. The normalized spacial score (nSPS) is 10.7. The molecule has 0 aliphatic carbocycles. The standard InChI is InChI=1S/C23H16N2O.ClH/c1-3-9-16(10-4-1)21-15-18(22(26-21)17-11-5-2-6-12-17)23-24-19-13-7-8-14-20(19)25-23;/h1-15H,(H,24,25);1H. The molecule has 1 N–H and O–H groups in total. The van der Waals surface area contributed by atoms with Gasteiger partial charge in [-0.2, -0.15) is 0 Å². The molecule has 0 amide bonds. The number of halogens is 1. The largest absolute Gasteiger partial charge is 0.455 e. The van der Waals surface area contributed by atoms with Gasteiger partial charge in [-0.3, -0.25) is 0 Å². The van der Waals surface area contributed by atoms with Crippen molar-refractivity contribution in [3.8, 4) is 34.0 Å². The zero-order valence-electron chi connectivity index (χ0n) is 14.4. The van der Waals surface area contributed by atoms with Gasteiger partial charge in [0.05, 0.1) is 16.6 Å². The lowest BCUT2D eigenvalue weighted by atomic mass is 10.1. The van der Waals surface area contributed by atoms with E-state index in [9.17, 15) is 0 Å². The maximum Gasteiger partial charge on any atom is 0.145 e. The summed E-state index contributed by atoms with van der Waals surface area (Å²) in [6.07, 6.45) is 0. The van der Waals surface area contributed by atoms with Gasteiger partial charge in [0.15, 0.2) is 0 Å². The van der Waals surface area contributed by atoms with E-state index in [0.717, 1.165) is 45.1 Å². The summed E-state index contributed by atoms with van der Waals surface area (Å²) in [4.78, 5) is 8.18.